The van der Waals surface area contributed by atoms with Gasteiger partial charge in [-0.2, -0.15) is 5.26 Å². The third-order valence-corrected chi connectivity index (χ3v) is 4.31. The lowest BCUT2D eigenvalue weighted by Gasteiger charge is -2.34. The van der Waals surface area contributed by atoms with Crippen molar-refractivity contribution in [1.82, 2.24) is 14.7 Å². The molecule has 0 N–H and O–H groups in total. The number of nitriles is 1. The minimum atomic E-state index is -0.266. The van der Waals surface area contributed by atoms with Crippen molar-refractivity contribution in [1.29, 1.82) is 5.26 Å². The summed E-state index contributed by atoms with van der Waals surface area (Å²) < 4.78 is 0. The first-order valence-electron chi connectivity index (χ1n) is 8.49. The van der Waals surface area contributed by atoms with E-state index in [1.165, 1.54) is 6.92 Å². The second-order valence-electron chi connectivity index (χ2n) is 6.00. The molecular weight excluding hydrogens is 316 g/mol. The normalized spacial score (nSPS) is 14.8. The minimum absolute atomic E-state index is 0.0168. The highest BCUT2D eigenvalue weighted by atomic mass is 16.2. The highest BCUT2D eigenvalue weighted by molar-refractivity contribution is 5.97. The first kappa shape index (κ1) is 18.5. The largest absolute Gasteiger partial charge is 0.372 e. The van der Waals surface area contributed by atoms with Gasteiger partial charge < -0.3 is 14.7 Å². The maximum absolute atomic E-state index is 12.6. The summed E-state index contributed by atoms with van der Waals surface area (Å²) in [6.07, 6.45) is 1.65. The van der Waals surface area contributed by atoms with Gasteiger partial charge in [-0.1, -0.05) is 30.3 Å². The monoisotopic (exact) mass is 340 g/mol. The fourth-order valence-corrected chi connectivity index (χ4v) is 2.78. The van der Waals surface area contributed by atoms with Crippen LogP contribution in [0.3, 0.4) is 0 Å². The summed E-state index contributed by atoms with van der Waals surface area (Å²) in [5.41, 5.74) is 1.26. The topological polar surface area (TPSA) is 67.7 Å². The Morgan fingerprint density at radius 1 is 1.16 bits per heavy atom. The van der Waals surface area contributed by atoms with E-state index < -0.39 is 0 Å². The SMILES string of the molecule is CCN(/C=C(/C#N)C(=O)N1CCN(C(C)=O)CC1)Cc1ccccc1. The summed E-state index contributed by atoms with van der Waals surface area (Å²) >= 11 is 0. The lowest BCUT2D eigenvalue weighted by molar-refractivity contribution is -0.136. The van der Waals surface area contributed by atoms with Crippen LogP contribution in [0, 0.1) is 11.3 Å². The smallest absolute Gasteiger partial charge is 0.266 e. The Hall–Kier alpha value is -2.81. The van der Waals surface area contributed by atoms with E-state index in [1.54, 1.807) is 16.0 Å². The van der Waals surface area contributed by atoms with Crippen molar-refractivity contribution < 1.29 is 9.59 Å². The molecule has 0 radical (unpaired) electrons. The van der Waals surface area contributed by atoms with Gasteiger partial charge in [0.25, 0.3) is 5.91 Å². The predicted octanol–water partition coefficient (Wildman–Crippen LogP) is 1.61. The number of carbonyl (C=O) groups is 2. The Morgan fingerprint density at radius 2 is 1.76 bits per heavy atom. The quantitative estimate of drug-likeness (QED) is 0.603. The van der Waals surface area contributed by atoms with E-state index in [-0.39, 0.29) is 17.4 Å². The van der Waals surface area contributed by atoms with Crippen LogP contribution in [0.4, 0.5) is 0 Å². The van der Waals surface area contributed by atoms with E-state index in [4.69, 9.17) is 0 Å². The fraction of sp³-hybridized carbons (Fsp3) is 0.421. The molecule has 1 aliphatic rings. The van der Waals surface area contributed by atoms with Gasteiger partial charge in [0.05, 0.1) is 0 Å². The molecule has 1 aromatic carbocycles. The molecule has 0 aromatic heterocycles. The van der Waals surface area contributed by atoms with Crippen LogP contribution in [0.2, 0.25) is 0 Å². The number of hydrogen-bond acceptors (Lipinski definition) is 4. The molecule has 0 spiro atoms. The molecule has 1 aliphatic heterocycles. The van der Waals surface area contributed by atoms with Crippen LogP contribution in [0.25, 0.3) is 0 Å². The van der Waals surface area contributed by atoms with Crippen LogP contribution in [0.1, 0.15) is 19.4 Å². The highest BCUT2D eigenvalue weighted by Crippen LogP contribution is 2.11. The van der Waals surface area contributed by atoms with Gasteiger partial charge >= 0.3 is 0 Å². The summed E-state index contributed by atoms with van der Waals surface area (Å²) in [6.45, 7) is 6.82. The first-order valence-corrected chi connectivity index (χ1v) is 8.49. The Balaban J connectivity index is 2.04. The van der Waals surface area contributed by atoms with Gasteiger partial charge in [0.15, 0.2) is 0 Å². The second-order valence-corrected chi connectivity index (χ2v) is 6.00. The minimum Gasteiger partial charge on any atom is -0.372 e. The Labute approximate surface area is 148 Å². The standard InChI is InChI=1S/C19H24N4O2/c1-3-21(14-17-7-5-4-6-8-17)15-18(13-20)19(25)23-11-9-22(10-12-23)16(2)24/h4-8,15H,3,9-12,14H2,1-2H3/b18-15-. The molecule has 6 heteroatoms. The molecule has 25 heavy (non-hydrogen) atoms. The van der Waals surface area contributed by atoms with Crippen molar-refractivity contribution in [3.8, 4) is 6.07 Å². The molecule has 1 heterocycles. The number of carbonyl (C=O) groups excluding carboxylic acids is 2. The molecule has 6 nitrogen and oxygen atoms in total. The summed E-state index contributed by atoms with van der Waals surface area (Å²) in [5, 5.41) is 9.42. The summed E-state index contributed by atoms with van der Waals surface area (Å²) in [6, 6.07) is 12.0. The van der Waals surface area contributed by atoms with Crippen molar-refractivity contribution in [2.45, 2.75) is 20.4 Å². The number of amides is 2. The average molecular weight is 340 g/mol. The average Bonchev–Trinajstić information content (AvgIpc) is 2.65. The lowest BCUT2D eigenvalue weighted by Crippen LogP contribution is -2.50. The molecule has 1 fully saturated rings. The maximum Gasteiger partial charge on any atom is 0.266 e. The van der Waals surface area contributed by atoms with E-state index in [2.05, 4.69) is 0 Å². The van der Waals surface area contributed by atoms with Crippen LogP contribution < -0.4 is 0 Å². The number of piperazine rings is 1. The fourth-order valence-electron chi connectivity index (χ4n) is 2.78. The van der Waals surface area contributed by atoms with Crippen molar-refractivity contribution in [3.05, 3.63) is 47.7 Å². The van der Waals surface area contributed by atoms with Gasteiger partial charge in [0.2, 0.25) is 5.91 Å². The van der Waals surface area contributed by atoms with E-state index >= 15 is 0 Å². The summed E-state index contributed by atoms with van der Waals surface area (Å²) in [7, 11) is 0. The van der Waals surface area contributed by atoms with Crippen LogP contribution in [-0.4, -0.2) is 59.2 Å². The second kappa shape index (κ2) is 8.88. The van der Waals surface area contributed by atoms with Crippen molar-refractivity contribution in [2.24, 2.45) is 0 Å². The van der Waals surface area contributed by atoms with E-state index in [1.807, 2.05) is 48.2 Å². The molecule has 2 rings (SSSR count). The van der Waals surface area contributed by atoms with Gasteiger partial charge in [-0.05, 0) is 12.5 Å². The van der Waals surface area contributed by atoms with Gasteiger partial charge in [-0.25, -0.2) is 0 Å². The third-order valence-electron chi connectivity index (χ3n) is 4.31. The maximum atomic E-state index is 12.6. The third kappa shape index (κ3) is 5.08. The van der Waals surface area contributed by atoms with E-state index in [9.17, 15) is 14.9 Å². The number of hydrogen-bond donors (Lipinski definition) is 0. The molecule has 1 saturated heterocycles. The van der Waals surface area contributed by atoms with Gasteiger partial charge in [0, 0.05) is 52.4 Å². The Kier molecular flexibility index (Phi) is 6.58. The molecule has 0 aliphatic carbocycles. The van der Waals surface area contributed by atoms with Gasteiger partial charge in [-0.15, -0.1) is 0 Å². The number of benzene rings is 1. The number of rotatable bonds is 5. The molecule has 0 saturated carbocycles. The van der Waals surface area contributed by atoms with E-state index in [0.29, 0.717) is 39.3 Å². The van der Waals surface area contributed by atoms with Crippen LogP contribution in [0.5, 0.6) is 0 Å². The molecule has 1 aromatic rings. The molecule has 0 unspecified atom stereocenters. The Morgan fingerprint density at radius 3 is 2.28 bits per heavy atom. The lowest BCUT2D eigenvalue weighted by atomic mass is 10.2. The highest BCUT2D eigenvalue weighted by Gasteiger charge is 2.25. The zero-order chi connectivity index (χ0) is 18.2. The Bertz CT molecular complexity index is 670. The zero-order valence-corrected chi connectivity index (χ0v) is 14.8. The molecule has 132 valence electrons. The predicted molar refractivity (Wildman–Crippen MR) is 95.1 cm³/mol. The number of nitrogens with zero attached hydrogens (tertiary/aromatic N) is 4. The molecule has 2 amide bonds. The van der Waals surface area contributed by atoms with Crippen LogP contribution >= 0.6 is 0 Å². The summed E-state index contributed by atoms with van der Waals surface area (Å²) in [4.78, 5) is 29.3. The molecule has 0 atom stereocenters. The summed E-state index contributed by atoms with van der Waals surface area (Å²) in [5.74, 6) is -0.250. The van der Waals surface area contributed by atoms with Gasteiger partial charge in [0.1, 0.15) is 11.6 Å². The van der Waals surface area contributed by atoms with Crippen molar-refractivity contribution in [2.75, 3.05) is 32.7 Å². The van der Waals surface area contributed by atoms with Crippen molar-refractivity contribution >= 4 is 11.8 Å². The van der Waals surface area contributed by atoms with E-state index in [0.717, 1.165) is 5.56 Å². The molecule has 0 bridgehead atoms. The first-order chi connectivity index (χ1) is 12.0. The van der Waals surface area contributed by atoms with Gasteiger partial charge in [-0.3, -0.25) is 9.59 Å². The van der Waals surface area contributed by atoms with Crippen LogP contribution in [0.15, 0.2) is 42.1 Å². The van der Waals surface area contributed by atoms with Crippen molar-refractivity contribution in [3.63, 3.8) is 0 Å². The molecular formula is C19H24N4O2. The zero-order valence-electron chi connectivity index (χ0n) is 14.8. The van der Waals surface area contributed by atoms with Crippen LogP contribution in [-0.2, 0) is 16.1 Å².